The fraction of sp³-hybridized carbons (Fsp3) is 0.250. The van der Waals surface area contributed by atoms with Crippen molar-refractivity contribution in [3.63, 3.8) is 0 Å². The average Bonchev–Trinajstić information content (AvgIpc) is 2.86. The second-order valence-corrected chi connectivity index (χ2v) is 4.75. The molecule has 0 aliphatic heterocycles. The number of halogens is 2. The molecule has 2 rings (SSSR count). The molecule has 0 bridgehead atoms. The van der Waals surface area contributed by atoms with Crippen molar-refractivity contribution in [1.82, 2.24) is 10.2 Å². The molecular formula is C12H11Cl2N3O2. The molecule has 0 atom stereocenters. The number of nitrogens with zero attached hydrogens (tertiary/aromatic N) is 3. The van der Waals surface area contributed by atoms with Crippen molar-refractivity contribution in [2.24, 2.45) is 0 Å². The molecule has 0 saturated carbocycles. The molecule has 0 fully saturated rings. The van der Waals surface area contributed by atoms with Crippen molar-refractivity contribution in [1.29, 1.82) is 0 Å². The topological polar surface area (TPSA) is 59.2 Å². The van der Waals surface area contributed by atoms with E-state index in [0.29, 0.717) is 21.6 Å². The van der Waals surface area contributed by atoms with Gasteiger partial charge < -0.3 is 9.32 Å². The fourth-order valence-corrected chi connectivity index (χ4v) is 2.18. The van der Waals surface area contributed by atoms with E-state index in [1.54, 1.807) is 12.1 Å². The molecule has 0 unspecified atom stereocenters. The molecule has 1 aromatic heterocycles. The van der Waals surface area contributed by atoms with Crippen molar-refractivity contribution in [3.8, 4) is 0 Å². The van der Waals surface area contributed by atoms with Crippen LogP contribution in [0.15, 0.2) is 22.9 Å². The molecule has 5 nitrogen and oxygen atoms in total. The zero-order chi connectivity index (χ0) is 14.0. The van der Waals surface area contributed by atoms with Gasteiger partial charge in [-0.25, -0.2) is 0 Å². The second kappa shape index (κ2) is 5.59. The summed E-state index contributed by atoms with van der Waals surface area (Å²) < 4.78 is 5.05. The lowest BCUT2D eigenvalue weighted by Crippen LogP contribution is -2.29. The van der Waals surface area contributed by atoms with E-state index < -0.39 is 0 Å². The highest BCUT2D eigenvalue weighted by atomic mass is 35.5. The quantitative estimate of drug-likeness (QED) is 0.873. The lowest BCUT2D eigenvalue weighted by atomic mass is 10.1. The summed E-state index contributed by atoms with van der Waals surface area (Å²) in [7, 11) is 0. The van der Waals surface area contributed by atoms with Gasteiger partial charge in [0, 0.05) is 6.92 Å². The number of benzene rings is 1. The third-order valence-corrected chi connectivity index (χ3v) is 3.41. The maximum absolute atomic E-state index is 11.8. The fourth-order valence-electron chi connectivity index (χ4n) is 1.72. The highest BCUT2D eigenvalue weighted by molar-refractivity contribution is 6.44. The minimum atomic E-state index is -0.189. The number of amides is 1. The summed E-state index contributed by atoms with van der Waals surface area (Å²) in [6.07, 6.45) is 1.21. The van der Waals surface area contributed by atoms with Gasteiger partial charge in [0.1, 0.15) is 6.54 Å². The minimum absolute atomic E-state index is 0.149. The van der Waals surface area contributed by atoms with E-state index in [2.05, 4.69) is 10.2 Å². The van der Waals surface area contributed by atoms with Crippen LogP contribution in [0.3, 0.4) is 0 Å². The molecule has 19 heavy (non-hydrogen) atoms. The lowest BCUT2D eigenvalue weighted by molar-refractivity contribution is -0.116. The first-order valence-corrected chi connectivity index (χ1v) is 6.24. The minimum Gasteiger partial charge on any atom is -0.426 e. The Bertz CT molecular complexity index is 599. The third-order valence-electron chi connectivity index (χ3n) is 2.62. The Hall–Kier alpha value is -1.59. The molecule has 0 spiro atoms. The largest absolute Gasteiger partial charge is 0.426 e. The predicted molar refractivity (Wildman–Crippen MR) is 72.4 cm³/mol. The normalized spacial score (nSPS) is 10.5. The smallest absolute Gasteiger partial charge is 0.235 e. The van der Waals surface area contributed by atoms with Gasteiger partial charge in [-0.3, -0.25) is 4.79 Å². The van der Waals surface area contributed by atoms with Crippen LogP contribution >= 0.6 is 23.2 Å². The van der Waals surface area contributed by atoms with E-state index in [-0.39, 0.29) is 12.5 Å². The van der Waals surface area contributed by atoms with Crippen LogP contribution in [0.2, 0.25) is 10.0 Å². The van der Waals surface area contributed by atoms with Crippen LogP contribution in [0.4, 0.5) is 5.69 Å². The number of aryl methyl sites for hydroxylation is 1. The van der Waals surface area contributed by atoms with Crippen molar-refractivity contribution >= 4 is 34.8 Å². The predicted octanol–water partition coefficient (Wildman–Crippen LogP) is 3.24. The standard InChI is InChI=1S/C12H11Cl2N3O2/c1-7-3-4-9(13)11(14)12(7)17(8(2)18)5-10-16-15-6-19-10/h3-4,6H,5H2,1-2H3. The van der Waals surface area contributed by atoms with E-state index in [1.165, 1.54) is 18.2 Å². The van der Waals surface area contributed by atoms with Gasteiger partial charge in [0.25, 0.3) is 0 Å². The molecule has 0 aliphatic rings. The van der Waals surface area contributed by atoms with Gasteiger partial charge in [-0.2, -0.15) is 0 Å². The van der Waals surface area contributed by atoms with Crippen molar-refractivity contribution in [2.45, 2.75) is 20.4 Å². The number of hydrogen-bond donors (Lipinski definition) is 0. The van der Waals surface area contributed by atoms with Crippen LogP contribution in [0.1, 0.15) is 18.4 Å². The van der Waals surface area contributed by atoms with Gasteiger partial charge >= 0.3 is 0 Å². The highest BCUT2D eigenvalue weighted by Gasteiger charge is 2.21. The molecule has 1 aromatic carbocycles. The second-order valence-electron chi connectivity index (χ2n) is 3.96. The Labute approximate surface area is 120 Å². The lowest BCUT2D eigenvalue weighted by Gasteiger charge is -2.23. The van der Waals surface area contributed by atoms with Gasteiger partial charge in [-0.15, -0.1) is 10.2 Å². The Morgan fingerprint density at radius 1 is 1.42 bits per heavy atom. The number of carbonyl (C=O) groups excluding carboxylic acids is 1. The van der Waals surface area contributed by atoms with Crippen LogP contribution < -0.4 is 4.90 Å². The van der Waals surface area contributed by atoms with Gasteiger partial charge in [0.2, 0.25) is 18.2 Å². The van der Waals surface area contributed by atoms with E-state index in [9.17, 15) is 4.79 Å². The summed E-state index contributed by atoms with van der Waals surface area (Å²) in [6, 6.07) is 3.49. The summed E-state index contributed by atoms with van der Waals surface area (Å²) in [4.78, 5) is 13.3. The summed E-state index contributed by atoms with van der Waals surface area (Å²) in [6.45, 7) is 3.44. The highest BCUT2D eigenvalue weighted by Crippen LogP contribution is 2.36. The number of carbonyl (C=O) groups is 1. The molecule has 1 heterocycles. The first-order valence-electron chi connectivity index (χ1n) is 5.48. The van der Waals surface area contributed by atoms with Crippen LogP contribution in [0, 0.1) is 6.92 Å². The van der Waals surface area contributed by atoms with Gasteiger partial charge in [0.15, 0.2) is 0 Å². The average molecular weight is 300 g/mol. The molecule has 100 valence electrons. The first kappa shape index (κ1) is 13.8. The van der Waals surface area contributed by atoms with E-state index in [1.807, 2.05) is 6.92 Å². The molecule has 0 N–H and O–H groups in total. The van der Waals surface area contributed by atoms with E-state index >= 15 is 0 Å². The maximum Gasteiger partial charge on any atom is 0.235 e. The molecule has 1 amide bonds. The number of rotatable bonds is 3. The molecule has 0 saturated heterocycles. The van der Waals surface area contributed by atoms with Crippen LogP contribution in [0.5, 0.6) is 0 Å². The van der Waals surface area contributed by atoms with E-state index in [4.69, 9.17) is 27.6 Å². The van der Waals surface area contributed by atoms with Crippen molar-refractivity contribution in [2.75, 3.05) is 4.90 Å². The Kier molecular flexibility index (Phi) is 4.07. The zero-order valence-corrected chi connectivity index (χ0v) is 11.9. The van der Waals surface area contributed by atoms with Crippen LogP contribution in [-0.2, 0) is 11.3 Å². The van der Waals surface area contributed by atoms with Crippen LogP contribution in [-0.4, -0.2) is 16.1 Å². The molecule has 2 aromatic rings. The van der Waals surface area contributed by atoms with Crippen LogP contribution in [0.25, 0.3) is 0 Å². The number of hydrogen-bond acceptors (Lipinski definition) is 4. The number of anilines is 1. The molecule has 0 radical (unpaired) electrons. The summed E-state index contributed by atoms with van der Waals surface area (Å²) in [5.41, 5.74) is 1.39. The summed E-state index contributed by atoms with van der Waals surface area (Å²) in [5.74, 6) is 0.135. The summed E-state index contributed by atoms with van der Waals surface area (Å²) in [5, 5.41) is 8.05. The van der Waals surface area contributed by atoms with Gasteiger partial charge in [0.05, 0.1) is 15.7 Å². The third kappa shape index (κ3) is 2.88. The SMILES string of the molecule is CC(=O)N(Cc1nnco1)c1c(C)ccc(Cl)c1Cl. The Morgan fingerprint density at radius 3 is 2.74 bits per heavy atom. The zero-order valence-electron chi connectivity index (χ0n) is 10.4. The van der Waals surface area contributed by atoms with Crippen molar-refractivity contribution in [3.05, 3.63) is 40.0 Å². The van der Waals surface area contributed by atoms with Gasteiger partial charge in [-0.05, 0) is 18.6 Å². The monoisotopic (exact) mass is 299 g/mol. The molecule has 0 aliphatic carbocycles. The number of aromatic nitrogens is 2. The Balaban J connectivity index is 2.45. The molecular weight excluding hydrogens is 289 g/mol. The first-order chi connectivity index (χ1) is 9.00. The summed E-state index contributed by atoms with van der Waals surface area (Å²) >= 11 is 12.2. The maximum atomic E-state index is 11.8. The Morgan fingerprint density at radius 2 is 2.16 bits per heavy atom. The van der Waals surface area contributed by atoms with Crippen molar-refractivity contribution < 1.29 is 9.21 Å². The van der Waals surface area contributed by atoms with E-state index in [0.717, 1.165) is 5.56 Å². The molecule has 7 heteroatoms. The van der Waals surface area contributed by atoms with Gasteiger partial charge in [-0.1, -0.05) is 29.3 Å².